The van der Waals surface area contributed by atoms with Crippen molar-refractivity contribution in [3.05, 3.63) is 57.0 Å². The van der Waals surface area contributed by atoms with Gasteiger partial charge in [0.1, 0.15) is 5.75 Å². The highest BCUT2D eigenvalue weighted by molar-refractivity contribution is 6.33. The lowest BCUT2D eigenvalue weighted by atomic mass is 10.2. The van der Waals surface area contributed by atoms with Crippen LogP contribution in [-0.2, 0) is 6.54 Å². The van der Waals surface area contributed by atoms with E-state index in [2.05, 4.69) is 12.2 Å². The molecule has 0 heterocycles. The van der Waals surface area contributed by atoms with Crippen LogP contribution in [0.4, 0.5) is 5.69 Å². The molecule has 2 aromatic rings. The molecule has 0 radical (unpaired) electrons. The Hall–Kier alpha value is -1.09. The molecule has 2 nitrogen and oxygen atoms in total. The highest BCUT2D eigenvalue weighted by Crippen LogP contribution is 2.29. The van der Waals surface area contributed by atoms with E-state index in [1.165, 1.54) is 0 Å². The molecule has 5 heteroatoms. The standard InChI is InChI=1S/C16H16Cl3NO/c1-2-7-21-16-6-4-13(18)9-15(16)20-10-11-8-12(17)3-5-14(11)19/h3-6,8-9,20H,2,7,10H2,1H3. The molecule has 0 bridgehead atoms. The third-order valence-electron chi connectivity index (χ3n) is 2.88. The van der Waals surface area contributed by atoms with Crippen LogP contribution in [0.2, 0.25) is 15.1 Å². The van der Waals surface area contributed by atoms with E-state index in [1.807, 2.05) is 24.3 Å². The van der Waals surface area contributed by atoms with Crippen molar-refractivity contribution in [3.63, 3.8) is 0 Å². The minimum atomic E-state index is 0.544. The quantitative estimate of drug-likeness (QED) is 0.689. The molecule has 0 amide bonds. The second-order valence-electron chi connectivity index (χ2n) is 4.58. The van der Waals surface area contributed by atoms with Gasteiger partial charge in [-0.3, -0.25) is 0 Å². The van der Waals surface area contributed by atoms with Gasteiger partial charge >= 0.3 is 0 Å². The van der Waals surface area contributed by atoms with Gasteiger partial charge in [0.15, 0.2) is 0 Å². The van der Waals surface area contributed by atoms with Gasteiger partial charge in [0.25, 0.3) is 0 Å². The molecule has 0 aromatic heterocycles. The molecule has 0 spiro atoms. The predicted octanol–water partition coefficient (Wildman–Crippen LogP) is 6.05. The van der Waals surface area contributed by atoms with Crippen molar-refractivity contribution in [3.8, 4) is 5.75 Å². The Morgan fingerprint density at radius 2 is 1.71 bits per heavy atom. The molecule has 0 unspecified atom stereocenters. The average Bonchev–Trinajstić information content (AvgIpc) is 2.47. The number of anilines is 1. The fourth-order valence-corrected chi connectivity index (χ4v) is 2.40. The van der Waals surface area contributed by atoms with E-state index >= 15 is 0 Å². The summed E-state index contributed by atoms with van der Waals surface area (Å²) in [6.45, 7) is 3.27. The van der Waals surface area contributed by atoms with Crippen LogP contribution in [0, 0.1) is 0 Å². The van der Waals surface area contributed by atoms with Gasteiger partial charge in [-0.05, 0) is 48.4 Å². The average molecular weight is 345 g/mol. The van der Waals surface area contributed by atoms with Gasteiger partial charge in [-0.25, -0.2) is 0 Å². The fraction of sp³-hybridized carbons (Fsp3) is 0.250. The second kappa shape index (κ2) is 7.79. The second-order valence-corrected chi connectivity index (χ2v) is 5.86. The number of rotatable bonds is 6. The molecule has 0 aliphatic carbocycles. The molecule has 2 aromatic carbocycles. The largest absolute Gasteiger partial charge is 0.491 e. The lowest BCUT2D eigenvalue weighted by Gasteiger charge is -2.14. The summed E-state index contributed by atoms with van der Waals surface area (Å²) in [6, 6.07) is 10.9. The maximum absolute atomic E-state index is 6.16. The van der Waals surface area contributed by atoms with Gasteiger partial charge in [-0.1, -0.05) is 41.7 Å². The molecule has 0 saturated carbocycles. The summed E-state index contributed by atoms with van der Waals surface area (Å²) in [5.41, 5.74) is 1.76. The topological polar surface area (TPSA) is 21.3 Å². The summed E-state index contributed by atoms with van der Waals surface area (Å²) >= 11 is 18.2. The van der Waals surface area contributed by atoms with Gasteiger partial charge < -0.3 is 10.1 Å². The van der Waals surface area contributed by atoms with Gasteiger partial charge in [0, 0.05) is 21.6 Å². The van der Waals surface area contributed by atoms with Crippen molar-refractivity contribution in [1.29, 1.82) is 0 Å². The molecule has 21 heavy (non-hydrogen) atoms. The van der Waals surface area contributed by atoms with Crippen LogP contribution >= 0.6 is 34.8 Å². The monoisotopic (exact) mass is 343 g/mol. The lowest BCUT2D eigenvalue weighted by Crippen LogP contribution is -2.04. The summed E-state index contributed by atoms with van der Waals surface area (Å²) in [5, 5.41) is 5.27. The molecular weight excluding hydrogens is 329 g/mol. The van der Waals surface area contributed by atoms with Crippen molar-refractivity contribution in [2.24, 2.45) is 0 Å². The van der Waals surface area contributed by atoms with Crippen LogP contribution in [0.25, 0.3) is 0 Å². The minimum Gasteiger partial charge on any atom is -0.491 e. The molecule has 0 fully saturated rings. The normalized spacial score (nSPS) is 10.5. The zero-order valence-electron chi connectivity index (χ0n) is 11.6. The Morgan fingerprint density at radius 1 is 1.00 bits per heavy atom. The van der Waals surface area contributed by atoms with E-state index in [-0.39, 0.29) is 0 Å². The number of halogens is 3. The van der Waals surface area contributed by atoms with Crippen LogP contribution in [0.15, 0.2) is 36.4 Å². The third-order valence-corrected chi connectivity index (χ3v) is 3.72. The zero-order chi connectivity index (χ0) is 15.2. The van der Waals surface area contributed by atoms with E-state index in [1.54, 1.807) is 12.1 Å². The first-order chi connectivity index (χ1) is 10.1. The van der Waals surface area contributed by atoms with E-state index in [4.69, 9.17) is 39.5 Å². The molecule has 112 valence electrons. The number of ether oxygens (including phenoxy) is 1. The first-order valence-corrected chi connectivity index (χ1v) is 7.83. The highest BCUT2D eigenvalue weighted by Gasteiger charge is 2.07. The van der Waals surface area contributed by atoms with Gasteiger partial charge in [0.2, 0.25) is 0 Å². The molecular formula is C16H16Cl3NO. The third kappa shape index (κ3) is 4.70. The summed E-state index contributed by atoms with van der Waals surface area (Å²) in [6.07, 6.45) is 0.947. The Labute approximate surface area is 140 Å². The molecule has 0 aliphatic rings. The Bertz CT molecular complexity index is 616. The van der Waals surface area contributed by atoms with E-state index in [9.17, 15) is 0 Å². The van der Waals surface area contributed by atoms with Crippen LogP contribution < -0.4 is 10.1 Å². The zero-order valence-corrected chi connectivity index (χ0v) is 13.9. The minimum absolute atomic E-state index is 0.544. The summed E-state index contributed by atoms with van der Waals surface area (Å²) < 4.78 is 5.70. The highest BCUT2D eigenvalue weighted by atomic mass is 35.5. The van der Waals surface area contributed by atoms with Crippen molar-refractivity contribution in [1.82, 2.24) is 0 Å². The summed E-state index contributed by atoms with van der Waals surface area (Å²) in [5.74, 6) is 0.777. The number of hydrogen-bond acceptors (Lipinski definition) is 2. The number of hydrogen-bond donors (Lipinski definition) is 1. The van der Waals surface area contributed by atoms with Gasteiger partial charge in [-0.15, -0.1) is 0 Å². The molecule has 2 rings (SSSR count). The van der Waals surface area contributed by atoms with Gasteiger partial charge in [0.05, 0.1) is 12.3 Å². The van der Waals surface area contributed by atoms with Crippen LogP contribution in [0.1, 0.15) is 18.9 Å². The number of benzene rings is 2. The maximum atomic E-state index is 6.16. The summed E-state index contributed by atoms with van der Waals surface area (Å²) in [7, 11) is 0. The maximum Gasteiger partial charge on any atom is 0.142 e. The predicted molar refractivity (Wildman–Crippen MR) is 91.0 cm³/mol. The molecule has 1 N–H and O–H groups in total. The Balaban J connectivity index is 2.14. The first-order valence-electron chi connectivity index (χ1n) is 6.70. The first kappa shape index (κ1) is 16.3. The fourth-order valence-electron chi connectivity index (χ4n) is 1.85. The van der Waals surface area contributed by atoms with Crippen molar-refractivity contribution in [2.75, 3.05) is 11.9 Å². The van der Waals surface area contributed by atoms with Crippen molar-refractivity contribution in [2.45, 2.75) is 19.9 Å². The SMILES string of the molecule is CCCOc1ccc(Cl)cc1NCc1cc(Cl)ccc1Cl. The van der Waals surface area contributed by atoms with Crippen molar-refractivity contribution < 1.29 is 4.74 Å². The van der Waals surface area contributed by atoms with E-state index < -0.39 is 0 Å². The molecule has 0 atom stereocenters. The molecule has 0 aliphatic heterocycles. The Morgan fingerprint density at radius 3 is 2.48 bits per heavy atom. The molecule has 0 saturated heterocycles. The van der Waals surface area contributed by atoms with Crippen LogP contribution in [0.3, 0.4) is 0 Å². The van der Waals surface area contributed by atoms with E-state index in [0.29, 0.717) is 28.2 Å². The Kier molecular flexibility index (Phi) is 6.04. The smallest absolute Gasteiger partial charge is 0.142 e. The lowest BCUT2D eigenvalue weighted by molar-refractivity contribution is 0.319. The van der Waals surface area contributed by atoms with Crippen molar-refractivity contribution >= 4 is 40.5 Å². The summed E-state index contributed by atoms with van der Waals surface area (Å²) in [4.78, 5) is 0. The van der Waals surface area contributed by atoms with Crippen LogP contribution in [0.5, 0.6) is 5.75 Å². The number of nitrogens with one attached hydrogen (secondary N) is 1. The van der Waals surface area contributed by atoms with Crippen LogP contribution in [-0.4, -0.2) is 6.61 Å². The van der Waals surface area contributed by atoms with E-state index in [0.717, 1.165) is 23.4 Å². The van der Waals surface area contributed by atoms with Gasteiger partial charge in [-0.2, -0.15) is 0 Å².